The number of carbonyl (C=O) groups excluding carboxylic acids is 1. The van der Waals surface area contributed by atoms with E-state index in [1.54, 1.807) is 35.8 Å². The van der Waals surface area contributed by atoms with Gasteiger partial charge in [-0.1, -0.05) is 18.2 Å². The van der Waals surface area contributed by atoms with Crippen molar-refractivity contribution < 1.29 is 28.3 Å². The molecule has 0 saturated carbocycles. The lowest BCUT2D eigenvalue weighted by atomic mass is 10.1. The number of carbonyl (C=O) groups is 1. The van der Waals surface area contributed by atoms with E-state index in [1.165, 1.54) is 12.1 Å². The quantitative estimate of drug-likeness (QED) is 0.641. The molecule has 132 valence electrons. The zero-order valence-corrected chi connectivity index (χ0v) is 13.1. The van der Waals surface area contributed by atoms with Crippen LogP contribution in [0.1, 0.15) is 15.9 Å². The summed E-state index contributed by atoms with van der Waals surface area (Å²) in [6.07, 6.45) is 0. The number of halogens is 2. The van der Waals surface area contributed by atoms with Gasteiger partial charge in [0.15, 0.2) is 0 Å². The number of hydroxylamine groups is 1. The number of nitrogens with zero attached hydrogens (tertiary/aromatic N) is 1. The van der Waals surface area contributed by atoms with E-state index in [4.69, 9.17) is 9.94 Å². The van der Waals surface area contributed by atoms with Crippen molar-refractivity contribution >= 4 is 11.6 Å². The summed E-state index contributed by atoms with van der Waals surface area (Å²) in [7, 11) is 0. The van der Waals surface area contributed by atoms with Crippen molar-refractivity contribution in [3.05, 3.63) is 53.6 Å². The minimum Gasteiger partial charge on any atom is -0.490 e. The van der Waals surface area contributed by atoms with Crippen LogP contribution < -0.4 is 19.9 Å². The molecule has 1 amide bonds. The molecular formula is C17H16F2N2O4. The monoisotopic (exact) mass is 350 g/mol. The van der Waals surface area contributed by atoms with Crippen LogP contribution >= 0.6 is 0 Å². The van der Waals surface area contributed by atoms with Crippen LogP contribution in [0.25, 0.3) is 0 Å². The summed E-state index contributed by atoms with van der Waals surface area (Å²) >= 11 is 0. The normalized spacial score (nSPS) is 13.2. The molecule has 0 saturated heterocycles. The number of amides is 1. The molecule has 0 bridgehead atoms. The number of nitrogens with one attached hydrogen (secondary N) is 1. The predicted octanol–water partition coefficient (Wildman–Crippen LogP) is 2.81. The Morgan fingerprint density at radius 2 is 2.12 bits per heavy atom. The van der Waals surface area contributed by atoms with Crippen molar-refractivity contribution in [1.29, 1.82) is 0 Å². The van der Waals surface area contributed by atoms with Gasteiger partial charge in [0.2, 0.25) is 0 Å². The molecule has 0 aliphatic carbocycles. The Labute approximate surface area is 142 Å². The largest absolute Gasteiger partial charge is 0.490 e. The first-order chi connectivity index (χ1) is 12.1. The number of hydrogen-bond donors (Lipinski definition) is 2. The second-order valence-corrected chi connectivity index (χ2v) is 5.38. The maximum Gasteiger partial charge on any atom is 0.387 e. The molecule has 6 nitrogen and oxygen atoms in total. The third-order valence-corrected chi connectivity index (χ3v) is 3.83. The molecule has 0 atom stereocenters. The van der Waals surface area contributed by atoms with Crippen LogP contribution in [0.15, 0.2) is 42.5 Å². The molecule has 0 aromatic heterocycles. The molecular weight excluding hydrogens is 334 g/mol. The highest BCUT2D eigenvalue weighted by Crippen LogP contribution is 2.34. The van der Waals surface area contributed by atoms with E-state index < -0.39 is 12.5 Å². The van der Waals surface area contributed by atoms with E-state index in [9.17, 15) is 13.6 Å². The van der Waals surface area contributed by atoms with Crippen LogP contribution in [0.5, 0.6) is 11.5 Å². The first kappa shape index (κ1) is 17.0. The molecule has 1 heterocycles. The van der Waals surface area contributed by atoms with Gasteiger partial charge in [0.25, 0.3) is 5.91 Å². The van der Waals surface area contributed by atoms with Gasteiger partial charge in [0.05, 0.1) is 12.2 Å². The molecule has 2 aromatic carbocycles. The zero-order chi connectivity index (χ0) is 17.8. The average molecular weight is 350 g/mol. The summed E-state index contributed by atoms with van der Waals surface area (Å²) in [6, 6.07) is 11.3. The number of para-hydroxylation sites is 1. The fourth-order valence-electron chi connectivity index (χ4n) is 2.69. The molecule has 1 aliphatic heterocycles. The predicted molar refractivity (Wildman–Crippen MR) is 85.3 cm³/mol. The number of fused-ring (bicyclic) bond motifs is 1. The Morgan fingerprint density at radius 1 is 1.32 bits per heavy atom. The Balaban J connectivity index is 1.90. The maximum absolute atomic E-state index is 12.6. The van der Waals surface area contributed by atoms with E-state index in [0.29, 0.717) is 36.7 Å². The lowest BCUT2D eigenvalue weighted by Crippen LogP contribution is -2.33. The lowest BCUT2D eigenvalue weighted by Gasteiger charge is -2.32. The van der Waals surface area contributed by atoms with Gasteiger partial charge in [-0.3, -0.25) is 10.0 Å². The summed E-state index contributed by atoms with van der Waals surface area (Å²) in [4.78, 5) is 13.5. The molecule has 3 rings (SSSR count). The third-order valence-electron chi connectivity index (χ3n) is 3.83. The highest BCUT2D eigenvalue weighted by atomic mass is 19.3. The van der Waals surface area contributed by atoms with Crippen molar-refractivity contribution in [3.8, 4) is 11.5 Å². The van der Waals surface area contributed by atoms with Crippen molar-refractivity contribution in [2.24, 2.45) is 0 Å². The highest BCUT2D eigenvalue weighted by molar-refractivity contribution is 5.95. The number of ether oxygens (including phenoxy) is 2. The molecule has 0 fully saturated rings. The van der Waals surface area contributed by atoms with Gasteiger partial charge in [-0.2, -0.15) is 8.78 Å². The summed E-state index contributed by atoms with van der Waals surface area (Å²) in [6.45, 7) is -1.65. The van der Waals surface area contributed by atoms with Crippen LogP contribution in [0.2, 0.25) is 0 Å². The first-order valence-corrected chi connectivity index (χ1v) is 7.57. The Hall–Kier alpha value is -2.87. The van der Waals surface area contributed by atoms with E-state index in [2.05, 4.69) is 4.74 Å². The number of anilines is 1. The smallest absolute Gasteiger partial charge is 0.387 e. The Bertz CT molecular complexity index is 770. The topological polar surface area (TPSA) is 71.0 Å². The fraction of sp³-hybridized carbons (Fsp3) is 0.235. The van der Waals surface area contributed by atoms with E-state index >= 15 is 0 Å². The standard InChI is InChI=1S/C17H16F2N2O4/c18-17(19)25-14-4-2-1-3-12(14)10-21-7-8-24-15-6-5-11(9-13(15)21)16(22)20-23/h1-6,9,17,23H,7-8,10H2,(H,20,22). The van der Waals surface area contributed by atoms with Gasteiger partial charge >= 0.3 is 6.61 Å². The van der Waals surface area contributed by atoms with Gasteiger partial charge in [-0.05, 0) is 24.3 Å². The molecule has 2 aromatic rings. The summed E-state index contributed by atoms with van der Waals surface area (Å²) in [5.41, 5.74) is 3.07. The Morgan fingerprint density at radius 3 is 2.88 bits per heavy atom. The van der Waals surface area contributed by atoms with E-state index in [0.717, 1.165) is 0 Å². The molecule has 25 heavy (non-hydrogen) atoms. The molecule has 2 N–H and O–H groups in total. The second-order valence-electron chi connectivity index (χ2n) is 5.38. The fourth-order valence-corrected chi connectivity index (χ4v) is 2.69. The number of benzene rings is 2. The van der Waals surface area contributed by atoms with Crippen LogP contribution in [-0.4, -0.2) is 30.9 Å². The van der Waals surface area contributed by atoms with E-state index in [1.807, 2.05) is 4.90 Å². The van der Waals surface area contributed by atoms with Gasteiger partial charge < -0.3 is 14.4 Å². The van der Waals surface area contributed by atoms with Gasteiger partial charge in [0, 0.05) is 17.7 Å². The van der Waals surface area contributed by atoms with Crippen molar-refractivity contribution in [2.75, 3.05) is 18.1 Å². The number of hydrogen-bond acceptors (Lipinski definition) is 5. The molecule has 8 heteroatoms. The minimum absolute atomic E-state index is 0.106. The highest BCUT2D eigenvalue weighted by Gasteiger charge is 2.21. The van der Waals surface area contributed by atoms with Crippen LogP contribution in [0.3, 0.4) is 0 Å². The SMILES string of the molecule is O=C(NO)c1ccc2c(c1)N(Cc1ccccc1OC(F)F)CCO2. The van der Waals surface area contributed by atoms with Gasteiger partial charge in [0.1, 0.15) is 18.1 Å². The van der Waals surface area contributed by atoms with Gasteiger partial charge in [-0.15, -0.1) is 0 Å². The Kier molecular flexibility index (Phi) is 4.99. The second kappa shape index (κ2) is 7.35. The van der Waals surface area contributed by atoms with Crippen LogP contribution in [0.4, 0.5) is 14.5 Å². The van der Waals surface area contributed by atoms with Crippen molar-refractivity contribution in [3.63, 3.8) is 0 Å². The average Bonchev–Trinajstić information content (AvgIpc) is 2.62. The maximum atomic E-state index is 12.6. The molecule has 0 spiro atoms. The third kappa shape index (κ3) is 3.80. The molecule has 0 radical (unpaired) electrons. The molecule has 0 unspecified atom stereocenters. The summed E-state index contributed by atoms with van der Waals surface area (Å²) in [5, 5.41) is 8.78. The number of alkyl halides is 2. The summed E-state index contributed by atoms with van der Waals surface area (Å²) < 4.78 is 35.3. The minimum atomic E-state index is -2.90. The van der Waals surface area contributed by atoms with Crippen molar-refractivity contribution in [2.45, 2.75) is 13.2 Å². The first-order valence-electron chi connectivity index (χ1n) is 7.57. The zero-order valence-electron chi connectivity index (χ0n) is 13.1. The summed E-state index contributed by atoms with van der Waals surface area (Å²) in [5.74, 6) is 0.0394. The van der Waals surface area contributed by atoms with Gasteiger partial charge in [-0.25, -0.2) is 5.48 Å². The van der Waals surface area contributed by atoms with Crippen LogP contribution in [-0.2, 0) is 6.54 Å². The van der Waals surface area contributed by atoms with Crippen molar-refractivity contribution in [1.82, 2.24) is 5.48 Å². The number of rotatable bonds is 5. The van der Waals surface area contributed by atoms with Crippen LogP contribution in [0, 0.1) is 0 Å². The lowest BCUT2D eigenvalue weighted by molar-refractivity contribution is -0.0504. The van der Waals surface area contributed by atoms with E-state index in [-0.39, 0.29) is 11.3 Å². The molecule has 1 aliphatic rings.